The van der Waals surface area contributed by atoms with Crippen molar-refractivity contribution in [3.63, 3.8) is 0 Å². The van der Waals surface area contributed by atoms with Gasteiger partial charge in [-0.1, -0.05) is 12.1 Å². The van der Waals surface area contributed by atoms with E-state index in [1.54, 1.807) is 13.2 Å². The number of benzene rings is 1. The monoisotopic (exact) mass is 411 g/mol. The molecule has 0 aliphatic carbocycles. The summed E-state index contributed by atoms with van der Waals surface area (Å²) in [6.07, 6.45) is 6.88. The quantitative estimate of drug-likeness (QED) is 0.535. The van der Waals surface area contributed by atoms with Gasteiger partial charge in [-0.25, -0.2) is 4.98 Å². The van der Waals surface area contributed by atoms with E-state index in [4.69, 9.17) is 0 Å². The van der Waals surface area contributed by atoms with E-state index in [2.05, 4.69) is 26.3 Å². The van der Waals surface area contributed by atoms with Crippen molar-refractivity contribution in [1.29, 1.82) is 0 Å². The van der Waals surface area contributed by atoms with Crippen LogP contribution in [0.1, 0.15) is 23.3 Å². The summed E-state index contributed by atoms with van der Waals surface area (Å²) in [6.45, 7) is 0.780. The molecular weight excluding hydrogens is 390 g/mol. The first-order chi connectivity index (χ1) is 15.1. The van der Waals surface area contributed by atoms with Crippen molar-refractivity contribution in [3.8, 4) is 22.3 Å². The average Bonchev–Trinajstić information content (AvgIpc) is 3.45. The van der Waals surface area contributed by atoms with E-state index < -0.39 is 0 Å². The number of nitrogens with zero attached hydrogens (tertiary/aromatic N) is 3. The highest BCUT2D eigenvalue weighted by Gasteiger charge is 2.21. The molecule has 4 heterocycles. The van der Waals surface area contributed by atoms with Gasteiger partial charge in [-0.15, -0.1) is 0 Å². The van der Waals surface area contributed by atoms with Gasteiger partial charge in [0.25, 0.3) is 5.91 Å². The van der Waals surface area contributed by atoms with Crippen molar-refractivity contribution in [1.82, 2.24) is 20.3 Å². The Morgan fingerprint density at radius 2 is 1.87 bits per heavy atom. The molecule has 0 saturated carbocycles. The van der Waals surface area contributed by atoms with E-state index in [0.717, 1.165) is 46.3 Å². The highest BCUT2D eigenvalue weighted by molar-refractivity contribution is 6.01. The van der Waals surface area contributed by atoms with Crippen molar-refractivity contribution in [3.05, 3.63) is 66.7 Å². The highest BCUT2D eigenvalue weighted by Crippen LogP contribution is 2.31. The Kier molecular flexibility index (Phi) is 4.71. The largest absolute Gasteiger partial charge is 0.354 e. The molecule has 1 aliphatic rings. The molecule has 31 heavy (non-hydrogen) atoms. The summed E-state index contributed by atoms with van der Waals surface area (Å²) >= 11 is 0. The second-order valence-electron chi connectivity index (χ2n) is 7.54. The van der Waals surface area contributed by atoms with Gasteiger partial charge < -0.3 is 15.2 Å². The van der Waals surface area contributed by atoms with Crippen LogP contribution in [-0.4, -0.2) is 40.4 Å². The summed E-state index contributed by atoms with van der Waals surface area (Å²) in [7, 11) is 1.60. The van der Waals surface area contributed by atoms with Crippen molar-refractivity contribution < 1.29 is 9.59 Å². The Labute approximate surface area is 179 Å². The summed E-state index contributed by atoms with van der Waals surface area (Å²) in [5, 5.41) is 3.49. The fourth-order valence-electron chi connectivity index (χ4n) is 4.04. The van der Waals surface area contributed by atoms with Gasteiger partial charge in [0, 0.05) is 60.8 Å². The number of aromatic nitrogens is 3. The van der Waals surface area contributed by atoms with Crippen LogP contribution in [0.25, 0.3) is 33.3 Å². The number of carbonyl (C=O) groups is 2. The number of rotatable bonds is 4. The predicted octanol–water partition coefficient (Wildman–Crippen LogP) is 3.78. The number of amides is 2. The molecule has 7 nitrogen and oxygen atoms in total. The number of H-pyrrole nitrogens is 1. The zero-order chi connectivity index (χ0) is 21.4. The normalized spacial score (nSPS) is 13.7. The lowest BCUT2D eigenvalue weighted by atomic mass is 10.0. The number of fused-ring (bicyclic) bond motifs is 1. The first kappa shape index (κ1) is 19.0. The van der Waals surface area contributed by atoms with Crippen LogP contribution in [0.4, 0.5) is 5.69 Å². The van der Waals surface area contributed by atoms with Crippen molar-refractivity contribution >= 4 is 28.5 Å². The molecule has 0 atom stereocenters. The van der Waals surface area contributed by atoms with E-state index >= 15 is 0 Å². The molecule has 2 amide bonds. The van der Waals surface area contributed by atoms with Crippen molar-refractivity contribution in [2.45, 2.75) is 12.8 Å². The second-order valence-corrected chi connectivity index (χ2v) is 7.54. The molecule has 5 rings (SSSR count). The minimum Gasteiger partial charge on any atom is -0.354 e. The topological polar surface area (TPSA) is 91.0 Å². The number of aromatic amines is 1. The van der Waals surface area contributed by atoms with Crippen LogP contribution in [0.2, 0.25) is 0 Å². The Hall–Kier alpha value is -4.00. The molecule has 0 bridgehead atoms. The van der Waals surface area contributed by atoms with E-state index in [1.807, 2.05) is 53.7 Å². The lowest BCUT2D eigenvalue weighted by molar-refractivity contribution is -0.117. The molecular formula is C24H21N5O2. The zero-order valence-corrected chi connectivity index (χ0v) is 17.1. The Morgan fingerprint density at radius 3 is 2.61 bits per heavy atom. The molecule has 2 N–H and O–H groups in total. The van der Waals surface area contributed by atoms with Gasteiger partial charge >= 0.3 is 0 Å². The summed E-state index contributed by atoms with van der Waals surface area (Å²) in [6, 6.07) is 13.8. The number of hydrogen-bond acceptors (Lipinski definition) is 4. The lowest BCUT2D eigenvalue weighted by Gasteiger charge is -2.16. The molecule has 1 aromatic carbocycles. The molecule has 1 aliphatic heterocycles. The van der Waals surface area contributed by atoms with Gasteiger partial charge in [-0.05, 0) is 47.9 Å². The Bertz CT molecular complexity index is 1290. The van der Waals surface area contributed by atoms with Crippen molar-refractivity contribution in [2.75, 3.05) is 18.5 Å². The van der Waals surface area contributed by atoms with E-state index in [0.29, 0.717) is 17.8 Å². The third-order valence-electron chi connectivity index (χ3n) is 5.64. The second kappa shape index (κ2) is 7.68. The third kappa shape index (κ3) is 3.44. The molecule has 0 spiro atoms. The minimum atomic E-state index is -0.188. The molecule has 0 unspecified atom stereocenters. The number of nitrogens with one attached hydrogen (secondary N) is 2. The molecule has 154 valence electrons. The van der Waals surface area contributed by atoms with Gasteiger partial charge in [-0.3, -0.25) is 14.6 Å². The lowest BCUT2D eigenvalue weighted by Crippen LogP contribution is -2.23. The molecule has 3 aromatic heterocycles. The van der Waals surface area contributed by atoms with Crippen LogP contribution in [-0.2, 0) is 4.79 Å². The van der Waals surface area contributed by atoms with Gasteiger partial charge in [0.15, 0.2) is 0 Å². The first-order valence-corrected chi connectivity index (χ1v) is 10.2. The van der Waals surface area contributed by atoms with Gasteiger partial charge in [-0.2, -0.15) is 0 Å². The predicted molar refractivity (Wildman–Crippen MR) is 120 cm³/mol. The third-order valence-corrected chi connectivity index (χ3v) is 5.64. The van der Waals surface area contributed by atoms with E-state index in [-0.39, 0.29) is 11.8 Å². The van der Waals surface area contributed by atoms with Crippen LogP contribution >= 0.6 is 0 Å². The molecule has 4 aromatic rings. The fraction of sp³-hybridized carbons (Fsp3) is 0.167. The minimum absolute atomic E-state index is 0.181. The van der Waals surface area contributed by atoms with Gasteiger partial charge in [0.2, 0.25) is 5.91 Å². The summed E-state index contributed by atoms with van der Waals surface area (Å²) < 4.78 is 0. The standard InChI is InChI=1S/C24H21N5O2/c1-25-24(31)21-12-20-19(8-9-27-23(20)28-21)17-11-16(13-26-14-17)15-4-6-18(7-5-15)29-10-2-3-22(29)30/h4-9,11-14H,2-3,10H2,1H3,(H,25,31)(H,27,28). The summed E-state index contributed by atoms with van der Waals surface area (Å²) in [5.74, 6) is -0.00635. The van der Waals surface area contributed by atoms with Crippen LogP contribution in [0.5, 0.6) is 0 Å². The van der Waals surface area contributed by atoms with Crippen LogP contribution < -0.4 is 10.2 Å². The van der Waals surface area contributed by atoms with Gasteiger partial charge in [0.1, 0.15) is 11.3 Å². The van der Waals surface area contributed by atoms with Crippen LogP contribution in [0.15, 0.2) is 61.1 Å². The molecule has 7 heteroatoms. The zero-order valence-electron chi connectivity index (χ0n) is 17.1. The number of carbonyl (C=O) groups excluding carboxylic acids is 2. The molecule has 1 saturated heterocycles. The Balaban J connectivity index is 1.50. The van der Waals surface area contributed by atoms with Crippen LogP contribution in [0, 0.1) is 0 Å². The average molecular weight is 411 g/mol. The summed E-state index contributed by atoms with van der Waals surface area (Å²) in [5.41, 5.74) is 5.94. The number of hydrogen-bond donors (Lipinski definition) is 2. The first-order valence-electron chi connectivity index (χ1n) is 10.2. The van der Waals surface area contributed by atoms with E-state index in [1.165, 1.54) is 0 Å². The maximum absolute atomic E-state index is 12.0. The molecule has 1 fully saturated rings. The number of pyridine rings is 2. The number of anilines is 1. The maximum Gasteiger partial charge on any atom is 0.267 e. The Morgan fingerprint density at radius 1 is 1.06 bits per heavy atom. The molecule has 0 radical (unpaired) electrons. The van der Waals surface area contributed by atoms with E-state index in [9.17, 15) is 9.59 Å². The SMILES string of the molecule is CNC(=O)c1cc2c(-c3cncc(-c4ccc(N5CCCC5=O)cc4)c3)ccnc2[nH]1. The van der Waals surface area contributed by atoms with Crippen LogP contribution in [0.3, 0.4) is 0 Å². The maximum atomic E-state index is 12.0. The smallest absolute Gasteiger partial charge is 0.267 e. The van der Waals surface area contributed by atoms with Crippen molar-refractivity contribution in [2.24, 2.45) is 0 Å². The van der Waals surface area contributed by atoms with Gasteiger partial charge in [0.05, 0.1) is 0 Å². The fourth-order valence-corrected chi connectivity index (χ4v) is 4.04. The summed E-state index contributed by atoms with van der Waals surface area (Å²) in [4.78, 5) is 37.7. The highest BCUT2D eigenvalue weighted by atomic mass is 16.2.